The molecule has 4 nitrogen and oxygen atoms in total. The molecule has 0 saturated heterocycles. The molecule has 0 fully saturated rings. The average molecular weight is 279 g/mol. The molecular weight excluding hydrogens is 266 g/mol. The Morgan fingerprint density at radius 1 is 1.14 bits per heavy atom. The van der Waals surface area contributed by atoms with E-state index < -0.39 is 5.72 Å². The van der Waals surface area contributed by atoms with Gasteiger partial charge in [-0.2, -0.15) is 0 Å². The van der Waals surface area contributed by atoms with Crippen molar-refractivity contribution in [3.8, 4) is 5.75 Å². The first-order valence-electron chi connectivity index (χ1n) is 6.69. The zero-order valence-electron chi connectivity index (χ0n) is 11.4. The Hall–Kier alpha value is -2.75. The van der Waals surface area contributed by atoms with Crippen LogP contribution in [0.4, 0.5) is 0 Å². The second kappa shape index (κ2) is 4.12. The minimum atomic E-state index is -0.940. The van der Waals surface area contributed by atoms with Crippen molar-refractivity contribution in [2.75, 3.05) is 7.11 Å². The van der Waals surface area contributed by atoms with Crippen LogP contribution in [0.2, 0.25) is 0 Å². The third-order valence-electron chi connectivity index (χ3n) is 3.97. The Morgan fingerprint density at radius 3 is 2.86 bits per heavy atom. The first-order chi connectivity index (χ1) is 10.2. The number of hydrogen-bond donors (Lipinski definition) is 1. The van der Waals surface area contributed by atoms with Crippen LogP contribution in [0.25, 0.3) is 6.08 Å². The molecule has 2 aliphatic rings. The molecule has 4 rings (SSSR count). The zero-order chi connectivity index (χ0) is 14.4. The molecule has 4 heteroatoms. The highest BCUT2D eigenvalue weighted by Gasteiger charge is 2.48. The number of hydrogen-bond acceptors (Lipinski definition) is 3. The predicted octanol–water partition coefficient (Wildman–Crippen LogP) is 2.64. The van der Waals surface area contributed by atoms with Gasteiger partial charge in [-0.05, 0) is 35.9 Å². The molecule has 1 unspecified atom stereocenters. The molecule has 1 amide bonds. The van der Waals surface area contributed by atoms with E-state index in [9.17, 15) is 4.79 Å². The van der Waals surface area contributed by atoms with Crippen molar-refractivity contribution in [2.24, 2.45) is 0 Å². The van der Waals surface area contributed by atoms with Crippen LogP contribution in [0.1, 0.15) is 27.0 Å². The van der Waals surface area contributed by atoms with Crippen LogP contribution in [-0.4, -0.2) is 13.0 Å². The van der Waals surface area contributed by atoms with Gasteiger partial charge in [0, 0.05) is 16.7 Å². The van der Waals surface area contributed by atoms with Gasteiger partial charge in [0.25, 0.3) is 5.91 Å². The SMILES string of the molecule is COc1ccc2c(c1)C=COC21NC(=O)c2ccccc21. The van der Waals surface area contributed by atoms with Gasteiger partial charge in [-0.1, -0.05) is 18.2 Å². The Kier molecular flexibility index (Phi) is 2.36. The van der Waals surface area contributed by atoms with E-state index in [4.69, 9.17) is 9.47 Å². The minimum Gasteiger partial charge on any atom is -0.497 e. The molecule has 1 atom stereocenters. The van der Waals surface area contributed by atoms with E-state index >= 15 is 0 Å². The smallest absolute Gasteiger partial charge is 0.255 e. The van der Waals surface area contributed by atoms with E-state index in [2.05, 4.69) is 5.32 Å². The lowest BCUT2D eigenvalue weighted by Gasteiger charge is -2.34. The molecule has 2 aromatic rings. The predicted molar refractivity (Wildman–Crippen MR) is 77.8 cm³/mol. The molecule has 0 aliphatic carbocycles. The van der Waals surface area contributed by atoms with Crippen molar-refractivity contribution in [2.45, 2.75) is 5.72 Å². The van der Waals surface area contributed by atoms with Crippen molar-refractivity contribution < 1.29 is 14.3 Å². The number of methoxy groups -OCH3 is 1. The van der Waals surface area contributed by atoms with Gasteiger partial charge >= 0.3 is 0 Å². The van der Waals surface area contributed by atoms with Gasteiger partial charge in [0.05, 0.1) is 13.4 Å². The summed E-state index contributed by atoms with van der Waals surface area (Å²) in [6.45, 7) is 0. The van der Waals surface area contributed by atoms with Crippen LogP contribution in [-0.2, 0) is 10.5 Å². The maximum Gasteiger partial charge on any atom is 0.255 e. The zero-order valence-corrected chi connectivity index (χ0v) is 11.4. The third-order valence-corrected chi connectivity index (χ3v) is 3.97. The highest BCUT2D eigenvalue weighted by atomic mass is 16.5. The van der Waals surface area contributed by atoms with Crippen molar-refractivity contribution in [3.05, 3.63) is 71.0 Å². The molecule has 0 radical (unpaired) electrons. The van der Waals surface area contributed by atoms with Gasteiger partial charge in [-0.25, -0.2) is 0 Å². The number of carbonyl (C=O) groups excluding carboxylic acids is 1. The van der Waals surface area contributed by atoms with E-state index in [1.54, 1.807) is 13.4 Å². The van der Waals surface area contributed by atoms with Crippen LogP contribution in [0, 0.1) is 0 Å². The van der Waals surface area contributed by atoms with E-state index in [1.165, 1.54) is 0 Å². The molecule has 2 heterocycles. The number of amides is 1. The highest BCUT2D eigenvalue weighted by Crippen LogP contribution is 2.43. The van der Waals surface area contributed by atoms with Gasteiger partial charge in [-0.3, -0.25) is 4.79 Å². The Morgan fingerprint density at radius 2 is 2.00 bits per heavy atom. The van der Waals surface area contributed by atoms with Crippen molar-refractivity contribution in [1.82, 2.24) is 5.32 Å². The van der Waals surface area contributed by atoms with E-state index in [0.717, 1.165) is 22.4 Å². The van der Waals surface area contributed by atoms with Gasteiger partial charge in [0.15, 0.2) is 0 Å². The molecule has 1 N–H and O–H groups in total. The normalized spacial score (nSPS) is 21.5. The molecule has 0 bridgehead atoms. The minimum absolute atomic E-state index is 0.123. The molecular formula is C17H13NO3. The number of rotatable bonds is 1. The summed E-state index contributed by atoms with van der Waals surface area (Å²) in [6.07, 6.45) is 3.49. The van der Waals surface area contributed by atoms with E-state index in [1.807, 2.05) is 48.5 Å². The second-order valence-corrected chi connectivity index (χ2v) is 5.05. The van der Waals surface area contributed by atoms with E-state index in [0.29, 0.717) is 5.56 Å². The van der Waals surface area contributed by atoms with Crippen molar-refractivity contribution in [3.63, 3.8) is 0 Å². The Bertz CT molecular complexity index is 781. The standard InChI is InChI=1S/C17H13NO3/c1-20-12-6-7-14-11(10-12)8-9-21-17(14)15-5-3-2-4-13(15)16(19)18-17/h2-10H,1H3,(H,18,19). The summed E-state index contributed by atoms with van der Waals surface area (Å²) in [4.78, 5) is 12.2. The fraction of sp³-hybridized carbons (Fsp3) is 0.118. The second-order valence-electron chi connectivity index (χ2n) is 5.05. The maximum absolute atomic E-state index is 12.2. The van der Waals surface area contributed by atoms with Crippen molar-refractivity contribution >= 4 is 12.0 Å². The molecule has 0 aromatic heterocycles. The Labute approximate surface area is 122 Å². The first kappa shape index (κ1) is 12.0. The summed E-state index contributed by atoms with van der Waals surface area (Å²) in [6, 6.07) is 13.2. The third kappa shape index (κ3) is 1.53. The van der Waals surface area contributed by atoms with Gasteiger partial charge in [-0.15, -0.1) is 0 Å². The van der Waals surface area contributed by atoms with Crippen LogP contribution < -0.4 is 10.1 Å². The number of nitrogens with one attached hydrogen (secondary N) is 1. The molecule has 104 valence electrons. The fourth-order valence-electron chi connectivity index (χ4n) is 2.99. The number of ether oxygens (including phenoxy) is 2. The van der Waals surface area contributed by atoms with Crippen LogP contribution >= 0.6 is 0 Å². The molecule has 21 heavy (non-hydrogen) atoms. The van der Waals surface area contributed by atoms with Gasteiger partial charge < -0.3 is 14.8 Å². The lowest BCUT2D eigenvalue weighted by atomic mass is 9.89. The van der Waals surface area contributed by atoms with Crippen molar-refractivity contribution in [1.29, 1.82) is 0 Å². The van der Waals surface area contributed by atoms with Crippen LogP contribution in [0.3, 0.4) is 0 Å². The van der Waals surface area contributed by atoms with Crippen LogP contribution in [0.15, 0.2) is 48.7 Å². The number of fused-ring (bicyclic) bond motifs is 4. The number of carbonyl (C=O) groups is 1. The van der Waals surface area contributed by atoms with Gasteiger partial charge in [0.2, 0.25) is 5.72 Å². The van der Waals surface area contributed by atoms with Crippen LogP contribution in [0.5, 0.6) is 5.75 Å². The summed E-state index contributed by atoms with van der Waals surface area (Å²) < 4.78 is 11.1. The monoisotopic (exact) mass is 279 g/mol. The highest BCUT2D eigenvalue weighted by molar-refractivity contribution is 6.00. The lowest BCUT2D eigenvalue weighted by Crippen LogP contribution is -2.43. The maximum atomic E-state index is 12.2. The first-order valence-corrected chi connectivity index (χ1v) is 6.69. The summed E-state index contributed by atoms with van der Waals surface area (Å²) in [5.41, 5.74) is 2.42. The quantitative estimate of drug-likeness (QED) is 0.873. The molecule has 2 aliphatic heterocycles. The Balaban J connectivity index is 1.97. The summed E-state index contributed by atoms with van der Waals surface area (Å²) in [7, 11) is 1.63. The summed E-state index contributed by atoms with van der Waals surface area (Å²) >= 11 is 0. The van der Waals surface area contributed by atoms with Gasteiger partial charge in [0.1, 0.15) is 5.75 Å². The topological polar surface area (TPSA) is 47.6 Å². The average Bonchev–Trinajstić information content (AvgIpc) is 2.81. The summed E-state index contributed by atoms with van der Waals surface area (Å²) in [5, 5.41) is 2.98. The molecule has 2 aromatic carbocycles. The lowest BCUT2D eigenvalue weighted by molar-refractivity contribution is 0.0306. The number of benzene rings is 2. The van der Waals surface area contributed by atoms with E-state index in [-0.39, 0.29) is 5.91 Å². The molecule has 1 spiro atoms. The largest absolute Gasteiger partial charge is 0.497 e. The fourth-order valence-corrected chi connectivity index (χ4v) is 2.99. The molecule has 0 saturated carbocycles. The summed E-state index contributed by atoms with van der Waals surface area (Å²) in [5.74, 6) is 0.649.